The number of methoxy groups -OCH3 is 1. The van der Waals surface area contributed by atoms with Crippen LogP contribution in [0.15, 0.2) is 41.3 Å². The molecular formula is C21H23F5N2O6S2. The minimum Gasteiger partial charge on any atom is -0.469 e. The van der Waals surface area contributed by atoms with Crippen molar-refractivity contribution in [2.45, 2.75) is 61.6 Å². The molecule has 36 heavy (non-hydrogen) atoms. The Kier molecular flexibility index (Phi) is 9.91. The Morgan fingerprint density at radius 2 is 1.75 bits per heavy atom. The first kappa shape index (κ1) is 29.6. The number of alkyl halides is 5. The zero-order valence-corrected chi connectivity index (χ0v) is 20.5. The number of ether oxygens (including phenoxy) is 1. The van der Waals surface area contributed by atoms with Crippen molar-refractivity contribution in [2.75, 3.05) is 7.11 Å². The van der Waals surface area contributed by atoms with Gasteiger partial charge in [0.05, 0.1) is 23.0 Å². The molecule has 2 rings (SSSR count). The highest BCUT2D eigenvalue weighted by Gasteiger charge is 2.56. The SMILES string of the molecule is COC(=O)CCCc1ccc(C(CCCC(F)(F)C(F)(F)F)NS(=O)(=O)c2ccc([N+](=O)[O-])cc2)s1. The number of halogens is 5. The molecule has 0 amide bonds. The monoisotopic (exact) mass is 558 g/mol. The van der Waals surface area contributed by atoms with E-state index in [9.17, 15) is 45.3 Å². The smallest absolute Gasteiger partial charge is 0.453 e. The number of nitro groups is 1. The molecule has 1 N–H and O–H groups in total. The number of nitro benzene ring substituents is 1. The van der Waals surface area contributed by atoms with Crippen molar-refractivity contribution in [1.29, 1.82) is 0 Å². The summed E-state index contributed by atoms with van der Waals surface area (Å²) < 4.78 is 96.9. The number of thiophene rings is 1. The standard InChI is InChI=1S/C21H23F5N2O6S2/c1-34-19(29)6-2-4-15-9-12-18(35-15)17(5-3-13-20(22,23)21(24,25)26)27-36(32,33)16-10-7-14(8-11-16)28(30)31/h7-12,17,27H,2-6,13H2,1H3. The number of nitrogens with one attached hydrogen (secondary N) is 1. The highest BCUT2D eigenvalue weighted by molar-refractivity contribution is 7.89. The molecule has 8 nitrogen and oxygen atoms in total. The highest BCUT2D eigenvalue weighted by Crippen LogP contribution is 2.40. The lowest BCUT2D eigenvalue weighted by atomic mass is 10.1. The van der Waals surface area contributed by atoms with Crippen LogP contribution in [0.5, 0.6) is 0 Å². The summed E-state index contributed by atoms with van der Waals surface area (Å²) in [7, 11) is -3.06. The van der Waals surface area contributed by atoms with Gasteiger partial charge in [-0.15, -0.1) is 11.3 Å². The van der Waals surface area contributed by atoms with E-state index in [1.165, 1.54) is 13.2 Å². The van der Waals surface area contributed by atoms with Gasteiger partial charge in [-0.1, -0.05) is 0 Å². The first-order chi connectivity index (χ1) is 16.7. The number of hydrogen-bond acceptors (Lipinski definition) is 7. The topological polar surface area (TPSA) is 116 Å². The summed E-state index contributed by atoms with van der Waals surface area (Å²) in [6.07, 6.45) is -7.24. The number of benzene rings is 1. The molecule has 15 heteroatoms. The van der Waals surface area contributed by atoms with E-state index < -0.39 is 51.9 Å². The van der Waals surface area contributed by atoms with Gasteiger partial charge >= 0.3 is 18.1 Å². The van der Waals surface area contributed by atoms with Crippen LogP contribution in [0.3, 0.4) is 0 Å². The lowest BCUT2D eigenvalue weighted by Crippen LogP contribution is -2.36. The van der Waals surface area contributed by atoms with Crippen LogP contribution in [0.25, 0.3) is 0 Å². The zero-order chi connectivity index (χ0) is 27.1. The Balaban J connectivity index is 2.22. The number of nitrogens with zero attached hydrogens (tertiary/aromatic N) is 1. The van der Waals surface area contributed by atoms with Crippen LogP contribution in [0, 0.1) is 10.1 Å². The van der Waals surface area contributed by atoms with Crippen molar-refractivity contribution in [3.63, 3.8) is 0 Å². The lowest BCUT2D eigenvalue weighted by molar-refractivity contribution is -0.384. The molecule has 1 aromatic carbocycles. The van der Waals surface area contributed by atoms with E-state index in [2.05, 4.69) is 9.46 Å². The summed E-state index contributed by atoms with van der Waals surface area (Å²) in [5, 5.41) is 10.8. The number of non-ortho nitro benzene ring substituents is 1. The Morgan fingerprint density at radius 3 is 2.31 bits per heavy atom. The summed E-state index contributed by atoms with van der Waals surface area (Å²) in [5.74, 6) is -5.34. The van der Waals surface area contributed by atoms with Crippen LogP contribution < -0.4 is 4.72 Å². The second-order valence-corrected chi connectivity index (χ2v) is 10.7. The van der Waals surface area contributed by atoms with Crippen LogP contribution in [0.2, 0.25) is 0 Å². The molecule has 0 radical (unpaired) electrons. The molecule has 0 aliphatic rings. The second-order valence-electron chi connectivity index (χ2n) is 7.75. The maximum absolute atomic E-state index is 13.4. The molecule has 1 unspecified atom stereocenters. The summed E-state index contributed by atoms with van der Waals surface area (Å²) in [4.78, 5) is 22.1. The van der Waals surface area contributed by atoms with Gasteiger partial charge in [-0.25, -0.2) is 13.1 Å². The van der Waals surface area contributed by atoms with Gasteiger partial charge in [-0.05, 0) is 49.9 Å². The average Bonchev–Trinajstić information content (AvgIpc) is 3.26. The van der Waals surface area contributed by atoms with Gasteiger partial charge in [0.1, 0.15) is 0 Å². The van der Waals surface area contributed by atoms with E-state index in [4.69, 9.17) is 0 Å². The number of esters is 1. The number of hydrogen-bond donors (Lipinski definition) is 1. The maximum atomic E-state index is 13.4. The highest BCUT2D eigenvalue weighted by atomic mass is 32.2. The Hall–Kier alpha value is -2.65. The molecule has 0 aliphatic heterocycles. The van der Waals surface area contributed by atoms with E-state index in [0.29, 0.717) is 17.7 Å². The average molecular weight is 559 g/mol. The van der Waals surface area contributed by atoms with Crippen LogP contribution in [-0.2, 0) is 26.0 Å². The summed E-state index contributed by atoms with van der Waals surface area (Å²) in [5.41, 5.74) is -0.352. The fraction of sp³-hybridized carbons (Fsp3) is 0.476. The van der Waals surface area contributed by atoms with E-state index in [0.717, 1.165) is 40.5 Å². The van der Waals surface area contributed by atoms with Gasteiger partial charge in [0.15, 0.2) is 0 Å². The fourth-order valence-electron chi connectivity index (χ4n) is 3.16. The van der Waals surface area contributed by atoms with Crippen LogP contribution in [0.1, 0.15) is 47.9 Å². The number of sulfonamides is 1. The molecule has 1 atom stereocenters. The fourth-order valence-corrected chi connectivity index (χ4v) is 5.62. The quantitative estimate of drug-likeness (QED) is 0.149. The molecule has 1 aromatic heterocycles. The first-order valence-electron chi connectivity index (χ1n) is 10.5. The number of rotatable bonds is 13. The predicted octanol–water partition coefficient (Wildman–Crippen LogP) is 5.54. The molecule has 0 fully saturated rings. The molecule has 0 spiro atoms. The van der Waals surface area contributed by atoms with Crippen molar-refractivity contribution in [3.8, 4) is 0 Å². The van der Waals surface area contributed by atoms with E-state index in [1.54, 1.807) is 6.07 Å². The van der Waals surface area contributed by atoms with Gasteiger partial charge in [0, 0.05) is 34.7 Å². The number of carbonyl (C=O) groups is 1. The second kappa shape index (κ2) is 12.1. The van der Waals surface area contributed by atoms with Crippen LogP contribution >= 0.6 is 11.3 Å². The lowest BCUT2D eigenvalue weighted by Gasteiger charge is -2.22. The van der Waals surface area contributed by atoms with Crippen LogP contribution in [0.4, 0.5) is 27.6 Å². The minimum absolute atomic E-state index is 0.145. The van der Waals surface area contributed by atoms with Crippen LogP contribution in [-0.4, -0.2) is 38.5 Å². The largest absolute Gasteiger partial charge is 0.469 e. The van der Waals surface area contributed by atoms with E-state index >= 15 is 0 Å². The third kappa shape index (κ3) is 8.20. The first-order valence-corrected chi connectivity index (χ1v) is 12.8. The van der Waals surface area contributed by atoms with Gasteiger partial charge < -0.3 is 4.74 Å². The van der Waals surface area contributed by atoms with E-state index in [-0.39, 0.29) is 23.4 Å². The Labute approximate surface area is 207 Å². The Morgan fingerprint density at radius 1 is 1.11 bits per heavy atom. The van der Waals surface area contributed by atoms with Crippen molar-refractivity contribution in [2.24, 2.45) is 0 Å². The predicted molar refractivity (Wildman–Crippen MR) is 120 cm³/mol. The van der Waals surface area contributed by atoms with Crippen molar-refractivity contribution in [1.82, 2.24) is 4.72 Å². The molecule has 0 saturated heterocycles. The maximum Gasteiger partial charge on any atom is 0.453 e. The molecular weight excluding hydrogens is 535 g/mol. The Bertz CT molecular complexity index is 1150. The third-order valence-corrected chi connectivity index (χ3v) is 7.86. The molecule has 0 aliphatic carbocycles. The number of carbonyl (C=O) groups excluding carboxylic acids is 1. The molecule has 1 heterocycles. The van der Waals surface area contributed by atoms with Gasteiger partial charge in [-0.2, -0.15) is 22.0 Å². The van der Waals surface area contributed by atoms with Gasteiger partial charge in [0.2, 0.25) is 10.0 Å². The molecule has 0 saturated carbocycles. The van der Waals surface area contributed by atoms with Gasteiger partial charge in [-0.3, -0.25) is 14.9 Å². The van der Waals surface area contributed by atoms with E-state index in [1.807, 2.05) is 0 Å². The minimum atomic E-state index is -5.73. The zero-order valence-electron chi connectivity index (χ0n) is 18.9. The molecule has 2 aromatic rings. The van der Waals surface area contributed by atoms with Crippen molar-refractivity contribution in [3.05, 3.63) is 56.3 Å². The normalized spacial score (nSPS) is 13.4. The summed E-state index contributed by atoms with van der Waals surface area (Å²) in [6, 6.07) is 5.96. The number of aryl methyl sites for hydroxylation is 1. The molecule has 0 bridgehead atoms. The molecule has 200 valence electrons. The third-order valence-electron chi connectivity index (χ3n) is 5.11. The van der Waals surface area contributed by atoms with Crippen molar-refractivity contribution < 1.29 is 44.8 Å². The van der Waals surface area contributed by atoms with Gasteiger partial charge in [0.25, 0.3) is 5.69 Å². The summed E-state index contributed by atoms with van der Waals surface area (Å²) >= 11 is 1.13. The summed E-state index contributed by atoms with van der Waals surface area (Å²) in [6.45, 7) is 0. The van der Waals surface area contributed by atoms with Crippen molar-refractivity contribution >= 4 is 33.0 Å².